The van der Waals surface area contributed by atoms with Gasteiger partial charge < -0.3 is 5.11 Å². The molecule has 23 heavy (non-hydrogen) atoms. The van der Waals surface area contributed by atoms with Crippen LogP contribution >= 0.6 is 23.4 Å². The van der Waals surface area contributed by atoms with Crippen LogP contribution in [0.3, 0.4) is 0 Å². The monoisotopic (exact) mass is 346 g/mol. The minimum atomic E-state index is -0.944. The Labute approximate surface area is 148 Å². The molecule has 1 unspecified atom stereocenters. The van der Waals surface area contributed by atoms with Crippen molar-refractivity contribution in [2.75, 3.05) is 5.75 Å². The van der Waals surface area contributed by atoms with E-state index in [1.807, 2.05) is 62.4 Å². The molecule has 0 aliphatic heterocycles. The van der Waals surface area contributed by atoms with Crippen molar-refractivity contribution >= 4 is 23.4 Å². The Kier molecular flexibility index (Phi) is 5.96. The van der Waals surface area contributed by atoms with Crippen LogP contribution < -0.4 is 0 Å². The quantitative estimate of drug-likeness (QED) is 0.518. The third-order valence-corrected chi connectivity index (χ3v) is 5.97. The maximum atomic E-state index is 11.4. The van der Waals surface area contributed by atoms with E-state index in [0.29, 0.717) is 17.2 Å². The van der Waals surface area contributed by atoms with E-state index in [1.54, 1.807) is 11.8 Å². The first kappa shape index (κ1) is 18.1. The van der Waals surface area contributed by atoms with E-state index >= 15 is 0 Å². The average molecular weight is 347 g/mol. The third kappa shape index (κ3) is 4.41. The summed E-state index contributed by atoms with van der Waals surface area (Å²) in [6.07, 6.45) is 2.32. The SMILES string of the molecule is C=CC(C)(C)C(O)(CSc1ccccc1)Cc1ccccc1Cl. The molecule has 1 atom stereocenters. The molecule has 0 saturated carbocycles. The van der Waals surface area contributed by atoms with E-state index in [2.05, 4.69) is 18.7 Å². The Balaban J connectivity index is 2.25. The third-order valence-electron chi connectivity index (χ3n) is 4.37. The molecular formula is C20H23ClOS. The van der Waals surface area contributed by atoms with Gasteiger partial charge in [-0.05, 0) is 23.8 Å². The summed E-state index contributed by atoms with van der Waals surface area (Å²) in [7, 11) is 0. The maximum absolute atomic E-state index is 11.4. The van der Waals surface area contributed by atoms with Gasteiger partial charge in [-0.1, -0.05) is 67.9 Å². The number of thioether (sulfide) groups is 1. The fourth-order valence-corrected chi connectivity index (χ4v) is 3.76. The Morgan fingerprint density at radius 1 is 1.09 bits per heavy atom. The van der Waals surface area contributed by atoms with Gasteiger partial charge in [0.15, 0.2) is 0 Å². The number of benzene rings is 2. The molecule has 122 valence electrons. The molecule has 0 aliphatic rings. The Morgan fingerprint density at radius 2 is 1.70 bits per heavy atom. The van der Waals surface area contributed by atoms with Gasteiger partial charge in [-0.3, -0.25) is 0 Å². The smallest absolute Gasteiger partial charge is 0.0866 e. The summed E-state index contributed by atoms with van der Waals surface area (Å²) in [4.78, 5) is 1.14. The van der Waals surface area contributed by atoms with Crippen molar-refractivity contribution in [1.82, 2.24) is 0 Å². The lowest BCUT2D eigenvalue weighted by Gasteiger charge is -2.41. The fraction of sp³-hybridized carbons (Fsp3) is 0.300. The van der Waals surface area contributed by atoms with Crippen LogP contribution in [0.4, 0.5) is 0 Å². The molecule has 0 bridgehead atoms. The Hall–Kier alpha value is -1.22. The van der Waals surface area contributed by atoms with E-state index in [1.165, 1.54) is 0 Å². The lowest BCUT2D eigenvalue weighted by atomic mass is 9.73. The highest BCUT2D eigenvalue weighted by atomic mass is 35.5. The van der Waals surface area contributed by atoms with Crippen LogP contribution in [0.2, 0.25) is 5.02 Å². The Bertz CT molecular complexity index is 654. The molecule has 0 spiro atoms. The standard InChI is InChI=1S/C20H23ClOS/c1-4-19(2,3)20(22,14-16-10-8-9-13-18(16)21)15-23-17-11-6-5-7-12-17/h4-13,22H,1,14-15H2,2-3H3. The molecule has 2 aromatic carbocycles. The minimum Gasteiger partial charge on any atom is -0.388 e. The Morgan fingerprint density at radius 3 is 2.30 bits per heavy atom. The van der Waals surface area contributed by atoms with Gasteiger partial charge in [-0.15, -0.1) is 18.3 Å². The molecule has 3 heteroatoms. The second kappa shape index (κ2) is 7.57. The zero-order valence-electron chi connectivity index (χ0n) is 13.6. The summed E-state index contributed by atoms with van der Waals surface area (Å²) in [6.45, 7) is 7.95. The highest BCUT2D eigenvalue weighted by Crippen LogP contribution is 2.40. The van der Waals surface area contributed by atoms with Crippen LogP contribution in [0.25, 0.3) is 0 Å². The van der Waals surface area contributed by atoms with Crippen molar-refractivity contribution in [2.45, 2.75) is 30.8 Å². The van der Waals surface area contributed by atoms with Crippen molar-refractivity contribution < 1.29 is 5.11 Å². The normalized spacial score (nSPS) is 14.3. The van der Waals surface area contributed by atoms with Crippen molar-refractivity contribution in [2.24, 2.45) is 5.41 Å². The van der Waals surface area contributed by atoms with E-state index < -0.39 is 11.0 Å². The van der Waals surface area contributed by atoms with Gasteiger partial charge in [0, 0.05) is 27.5 Å². The van der Waals surface area contributed by atoms with E-state index in [-0.39, 0.29) is 0 Å². The van der Waals surface area contributed by atoms with Gasteiger partial charge in [0.25, 0.3) is 0 Å². The summed E-state index contributed by atoms with van der Waals surface area (Å²) >= 11 is 7.95. The molecule has 0 heterocycles. The molecule has 1 nitrogen and oxygen atoms in total. The average Bonchev–Trinajstić information content (AvgIpc) is 2.56. The second-order valence-corrected chi connectivity index (χ2v) is 7.78. The number of rotatable bonds is 7. The number of aliphatic hydroxyl groups is 1. The molecule has 0 amide bonds. The summed E-state index contributed by atoms with van der Waals surface area (Å²) in [5, 5.41) is 12.1. The molecule has 0 aliphatic carbocycles. The summed E-state index contributed by atoms with van der Waals surface area (Å²) < 4.78 is 0. The number of hydrogen-bond donors (Lipinski definition) is 1. The highest BCUT2D eigenvalue weighted by molar-refractivity contribution is 7.99. The minimum absolute atomic E-state index is 0.437. The van der Waals surface area contributed by atoms with Crippen LogP contribution in [-0.4, -0.2) is 16.5 Å². The maximum Gasteiger partial charge on any atom is 0.0866 e. The highest BCUT2D eigenvalue weighted by Gasteiger charge is 2.41. The van der Waals surface area contributed by atoms with Crippen LogP contribution in [0.15, 0.2) is 72.1 Å². The summed E-state index contributed by atoms with van der Waals surface area (Å²) in [5.41, 5.74) is -0.422. The van der Waals surface area contributed by atoms with Gasteiger partial charge in [-0.2, -0.15) is 0 Å². The molecular weight excluding hydrogens is 324 g/mol. The number of halogens is 1. The molecule has 2 aromatic rings. The largest absolute Gasteiger partial charge is 0.388 e. The van der Waals surface area contributed by atoms with Gasteiger partial charge in [0.1, 0.15) is 0 Å². The first-order valence-electron chi connectivity index (χ1n) is 7.65. The second-order valence-electron chi connectivity index (χ2n) is 6.33. The molecule has 0 aromatic heterocycles. The molecule has 2 rings (SSSR count). The lowest BCUT2D eigenvalue weighted by molar-refractivity contribution is -0.0199. The van der Waals surface area contributed by atoms with Gasteiger partial charge in [0.2, 0.25) is 0 Å². The van der Waals surface area contributed by atoms with Crippen molar-refractivity contribution in [3.05, 3.63) is 77.8 Å². The lowest BCUT2D eigenvalue weighted by Crippen LogP contribution is -2.47. The zero-order valence-corrected chi connectivity index (χ0v) is 15.2. The van der Waals surface area contributed by atoms with Crippen molar-refractivity contribution in [1.29, 1.82) is 0 Å². The van der Waals surface area contributed by atoms with Gasteiger partial charge in [-0.25, -0.2) is 0 Å². The van der Waals surface area contributed by atoms with Gasteiger partial charge in [0.05, 0.1) is 5.60 Å². The summed E-state index contributed by atoms with van der Waals surface area (Å²) in [5.74, 6) is 0.571. The van der Waals surface area contributed by atoms with E-state index in [4.69, 9.17) is 11.6 Å². The zero-order chi connectivity index (χ0) is 16.9. The number of hydrogen-bond acceptors (Lipinski definition) is 2. The van der Waals surface area contributed by atoms with Crippen LogP contribution in [0, 0.1) is 5.41 Å². The van der Waals surface area contributed by atoms with Crippen molar-refractivity contribution in [3.8, 4) is 0 Å². The first-order valence-corrected chi connectivity index (χ1v) is 9.01. The van der Waals surface area contributed by atoms with Crippen LogP contribution in [0.5, 0.6) is 0 Å². The van der Waals surface area contributed by atoms with Crippen molar-refractivity contribution in [3.63, 3.8) is 0 Å². The van der Waals surface area contributed by atoms with Crippen LogP contribution in [-0.2, 0) is 6.42 Å². The topological polar surface area (TPSA) is 20.2 Å². The molecule has 1 N–H and O–H groups in total. The predicted molar refractivity (Wildman–Crippen MR) is 101 cm³/mol. The van der Waals surface area contributed by atoms with E-state index in [0.717, 1.165) is 10.5 Å². The van der Waals surface area contributed by atoms with Crippen LogP contribution in [0.1, 0.15) is 19.4 Å². The molecule has 0 saturated heterocycles. The molecule has 0 radical (unpaired) electrons. The predicted octanol–water partition coefficient (Wildman–Crippen LogP) is 5.62. The molecule has 0 fully saturated rings. The summed E-state index contributed by atoms with van der Waals surface area (Å²) in [6, 6.07) is 17.8. The fourth-order valence-electron chi connectivity index (χ4n) is 2.33. The first-order chi connectivity index (χ1) is 10.9. The van der Waals surface area contributed by atoms with E-state index in [9.17, 15) is 5.11 Å². The van der Waals surface area contributed by atoms with Gasteiger partial charge >= 0.3 is 0 Å².